The van der Waals surface area contributed by atoms with Gasteiger partial charge in [-0.15, -0.1) is 0 Å². The van der Waals surface area contributed by atoms with Crippen LogP contribution in [0.5, 0.6) is 0 Å². The topological polar surface area (TPSA) is 0 Å². The molecule has 0 heterocycles. The molecule has 0 radical (unpaired) electrons. The molecule has 4 heteroatoms. The molecule has 0 aliphatic carbocycles. The first-order valence-corrected chi connectivity index (χ1v) is 5.91. The van der Waals surface area contributed by atoms with Crippen LogP contribution in [0.1, 0.15) is 0 Å². The molecule has 0 amide bonds. The third-order valence-corrected chi connectivity index (χ3v) is 4.37. The van der Waals surface area contributed by atoms with Gasteiger partial charge in [0, 0.05) is 19.7 Å². The summed E-state index contributed by atoms with van der Waals surface area (Å²) >= 11 is 0. The van der Waals surface area contributed by atoms with Gasteiger partial charge in [0.25, 0.3) is 0 Å². The second kappa shape index (κ2) is 5.70. The Morgan fingerprint density at radius 3 is 1.33 bits per heavy atom. The third-order valence-electron chi connectivity index (χ3n) is 0.106. The fourth-order valence-electron chi connectivity index (χ4n) is 0.0321. The van der Waals surface area contributed by atoms with Crippen LogP contribution >= 0.6 is 40.1 Å². The van der Waals surface area contributed by atoms with Gasteiger partial charge in [-0.2, -0.15) is 0 Å². The molecule has 0 aromatic heterocycles. The predicted octanol–water partition coefficient (Wildman–Crippen LogP) is 2.84. The van der Waals surface area contributed by atoms with Gasteiger partial charge in [-0.25, -0.2) is 0 Å². The van der Waals surface area contributed by atoms with Gasteiger partial charge in [-0.3, -0.25) is 0 Å². The molecular formula is C2H2S4. The van der Waals surface area contributed by atoms with Crippen LogP contribution in [-0.2, 0) is 0 Å². The third kappa shape index (κ3) is 4.70. The van der Waals surface area contributed by atoms with Crippen molar-refractivity contribution >= 4 is 40.1 Å². The van der Waals surface area contributed by atoms with Crippen molar-refractivity contribution in [2.24, 2.45) is 0 Å². The molecule has 0 spiro atoms. The van der Waals surface area contributed by atoms with Crippen LogP contribution < -0.4 is 0 Å². The predicted molar refractivity (Wildman–Crippen MR) is 40.3 cm³/mol. The molecule has 6 heavy (non-hydrogen) atoms. The van der Waals surface area contributed by atoms with E-state index in [0.29, 0.717) is 0 Å². The van der Waals surface area contributed by atoms with Crippen LogP contribution in [0.25, 0.3) is 0 Å². The number of rotatable bonds is 1. The van der Waals surface area contributed by atoms with E-state index in [1.54, 1.807) is 0 Å². The summed E-state index contributed by atoms with van der Waals surface area (Å²) in [5.74, 6) is 0. The van der Waals surface area contributed by atoms with Crippen LogP contribution in [-0.4, -0.2) is 0 Å². The van der Waals surface area contributed by atoms with E-state index in [2.05, 4.69) is 0 Å². The van der Waals surface area contributed by atoms with Crippen LogP contribution in [0, 0.1) is 11.4 Å². The molecule has 0 aliphatic heterocycles. The zero-order chi connectivity index (χ0) is 4.83. The first-order valence-electron chi connectivity index (χ1n) is 0.971. The normalized spacial score (nSPS) is 7.00. The zero-order valence-corrected chi connectivity index (χ0v) is 6.05. The maximum atomic E-state index is 5.00. The van der Waals surface area contributed by atoms with Crippen LogP contribution in [0.3, 0.4) is 0 Å². The van der Waals surface area contributed by atoms with Crippen molar-refractivity contribution in [1.82, 2.24) is 0 Å². The van der Waals surface area contributed by atoms with Crippen molar-refractivity contribution in [1.29, 1.82) is 0 Å². The monoisotopic (exact) mass is 154 g/mol. The Balaban J connectivity index is 2.78. The maximum absolute atomic E-state index is 5.00. The first kappa shape index (κ1) is 6.70. The molecule has 0 nitrogen and oxygen atoms in total. The van der Waals surface area contributed by atoms with Crippen LogP contribution in [0.15, 0.2) is 0 Å². The largest absolute Gasteiger partial charge is 0.0947 e. The molecule has 34 valence electrons. The van der Waals surface area contributed by atoms with E-state index in [4.69, 9.17) is 11.4 Å². The highest BCUT2D eigenvalue weighted by molar-refractivity contribution is 9.23. The highest BCUT2D eigenvalue weighted by Gasteiger charge is 1.67. The summed E-state index contributed by atoms with van der Waals surface area (Å²) in [6.07, 6.45) is 0. The molecule has 0 saturated carbocycles. The second-order valence-electron chi connectivity index (χ2n) is 0.329. The Hall–Kier alpha value is 0.700. The first-order chi connectivity index (χ1) is 2.91. The molecule has 0 rings (SSSR count). The molecule has 0 aromatic rings. The molecule has 0 aliphatic rings. The lowest BCUT2D eigenvalue weighted by Gasteiger charge is -1.68. The van der Waals surface area contributed by atoms with Gasteiger partial charge in [0.15, 0.2) is 0 Å². The van der Waals surface area contributed by atoms with E-state index in [-0.39, 0.29) is 0 Å². The van der Waals surface area contributed by atoms with Crippen molar-refractivity contribution in [3.8, 4) is 11.4 Å². The minimum Gasteiger partial charge on any atom is -0.0947 e. The molecule has 0 bridgehead atoms. The number of hydrogen-bond acceptors (Lipinski definition) is 2. The molecule has 0 unspecified atom stereocenters. The highest BCUT2D eigenvalue weighted by atomic mass is 33.7. The fraction of sp³-hybridized carbons (Fsp3) is 0. The Labute approximate surface area is 51.5 Å². The second-order valence-corrected chi connectivity index (χ2v) is 5.41. The molecule has 0 aromatic carbocycles. The minimum absolute atomic E-state index is 1.20. The number of hydrogen-bond donors (Lipinski definition) is 0. The highest BCUT2D eigenvalue weighted by Crippen LogP contribution is 2.31. The van der Waals surface area contributed by atoms with Crippen LogP contribution in [0.4, 0.5) is 0 Å². The quantitative estimate of drug-likeness (QED) is 0.421. The van der Waals surface area contributed by atoms with Gasteiger partial charge in [0.1, 0.15) is 0 Å². The van der Waals surface area contributed by atoms with Crippen LogP contribution in [0.2, 0.25) is 0 Å². The average molecular weight is 154 g/mol. The molecule has 0 fully saturated rings. The van der Waals surface area contributed by atoms with Crippen molar-refractivity contribution < 1.29 is 0 Å². The minimum atomic E-state index is 1.20. The van der Waals surface area contributed by atoms with Gasteiger partial charge in [0.05, 0.1) is 0 Å². The van der Waals surface area contributed by atoms with E-state index in [1.165, 1.54) is 40.1 Å². The lowest BCUT2D eigenvalue weighted by Crippen LogP contribution is -1.06. The van der Waals surface area contributed by atoms with Gasteiger partial charge in [0.2, 0.25) is 0 Å². The van der Waals surface area contributed by atoms with Crippen molar-refractivity contribution in [3.05, 3.63) is 0 Å². The van der Waals surface area contributed by atoms with E-state index >= 15 is 0 Å². The Kier molecular flexibility index (Phi) is 6.36. The Morgan fingerprint density at radius 2 is 1.17 bits per heavy atom. The molecule has 0 saturated heterocycles. The van der Waals surface area contributed by atoms with Crippen molar-refractivity contribution in [2.45, 2.75) is 0 Å². The van der Waals surface area contributed by atoms with Crippen molar-refractivity contribution in [2.75, 3.05) is 0 Å². The van der Waals surface area contributed by atoms with Gasteiger partial charge in [-0.05, 0) is 0 Å². The summed E-state index contributed by atoms with van der Waals surface area (Å²) in [5, 5.41) is 0. The average Bonchev–Trinajstić information content (AvgIpc) is 1.61. The fourth-order valence-corrected chi connectivity index (χ4v) is 2.60. The summed E-state index contributed by atoms with van der Waals surface area (Å²) in [7, 11) is 5.32. The summed E-state index contributed by atoms with van der Waals surface area (Å²) in [6.45, 7) is 0. The summed E-state index contributed by atoms with van der Waals surface area (Å²) < 4.78 is 0. The van der Waals surface area contributed by atoms with Gasteiger partial charge >= 0.3 is 0 Å². The van der Waals surface area contributed by atoms with E-state index in [1.807, 2.05) is 0 Å². The Bertz CT molecular complexity index is 79.1. The molecule has 0 atom stereocenters. The summed E-state index contributed by atoms with van der Waals surface area (Å²) in [5.41, 5.74) is 10.0. The van der Waals surface area contributed by atoms with Gasteiger partial charge < -0.3 is 0 Å². The zero-order valence-electron chi connectivity index (χ0n) is 2.79. The van der Waals surface area contributed by atoms with E-state index in [9.17, 15) is 0 Å². The summed E-state index contributed by atoms with van der Waals surface area (Å²) in [6, 6.07) is 0. The lowest BCUT2D eigenvalue weighted by atomic mass is 12.0. The van der Waals surface area contributed by atoms with Crippen molar-refractivity contribution in [3.63, 3.8) is 0 Å². The van der Waals surface area contributed by atoms with Gasteiger partial charge in [-0.1, -0.05) is 31.8 Å². The standard InChI is InChI=1S/C2H2S4/c1-3-5-6-4-2/h1-2H. The molecular weight excluding hydrogens is 152 g/mol. The maximum Gasteiger partial charge on any atom is 0.0226 e. The lowest BCUT2D eigenvalue weighted by molar-refractivity contribution is 3.79. The SMILES string of the molecule is C#SSSS#C. The smallest absolute Gasteiger partial charge is 0.0226 e. The Morgan fingerprint density at radius 1 is 0.833 bits per heavy atom. The molecule has 0 N–H and O–H groups in total. The summed E-state index contributed by atoms with van der Waals surface area (Å²) in [4.78, 5) is 0. The van der Waals surface area contributed by atoms with E-state index < -0.39 is 0 Å². The van der Waals surface area contributed by atoms with E-state index in [0.717, 1.165) is 0 Å².